The monoisotopic (exact) mass is 306 g/mol. The smallest absolute Gasteiger partial charge is 0.161 e. The van der Waals surface area contributed by atoms with Crippen molar-refractivity contribution in [3.63, 3.8) is 0 Å². The van der Waals surface area contributed by atoms with Crippen molar-refractivity contribution in [3.8, 4) is 11.5 Å². The van der Waals surface area contributed by atoms with Gasteiger partial charge in [0.1, 0.15) is 13.2 Å². The fourth-order valence-corrected chi connectivity index (χ4v) is 3.07. The minimum absolute atomic E-state index is 0.444. The first-order valence-corrected chi connectivity index (χ1v) is 8.28. The second kappa shape index (κ2) is 7.31. The molecule has 2 aliphatic rings. The second-order valence-electron chi connectivity index (χ2n) is 5.98. The molecule has 5 heteroatoms. The lowest BCUT2D eigenvalue weighted by Gasteiger charge is -2.34. The van der Waals surface area contributed by atoms with E-state index in [0.717, 1.165) is 62.8 Å². The van der Waals surface area contributed by atoms with E-state index in [4.69, 9.17) is 9.47 Å². The van der Waals surface area contributed by atoms with Crippen molar-refractivity contribution >= 4 is 0 Å². The van der Waals surface area contributed by atoms with Crippen molar-refractivity contribution in [2.45, 2.75) is 19.4 Å². The highest BCUT2D eigenvalue weighted by Gasteiger charge is 2.18. The van der Waals surface area contributed by atoms with Crippen LogP contribution in [0.1, 0.15) is 25.0 Å². The summed E-state index contributed by atoms with van der Waals surface area (Å²) in [6, 6.07) is 5.74. The maximum atomic E-state index is 10.4. The Hall–Kier alpha value is -1.30. The van der Waals surface area contributed by atoms with E-state index >= 15 is 0 Å². The summed E-state index contributed by atoms with van der Waals surface area (Å²) >= 11 is 0. The number of aliphatic hydroxyl groups is 1. The molecule has 1 N–H and O–H groups in total. The van der Waals surface area contributed by atoms with Crippen LogP contribution >= 0.6 is 0 Å². The van der Waals surface area contributed by atoms with Crippen LogP contribution in [0.15, 0.2) is 18.2 Å². The molecule has 0 saturated carbocycles. The van der Waals surface area contributed by atoms with E-state index in [1.54, 1.807) is 0 Å². The van der Waals surface area contributed by atoms with E-state index in [2.05, 4.69) is 16.7 Å². The molecule has 2 heterocycles. The minimum atomic E-state index is -0.444. The quantitative estimate of drug-likeness (QED) is 0.893. The number of piperazine rings is 1. The third-order valence-electron chi connectivity index (χ3n) is 4.58. The molecule has 122 valence electrons. The maximum Gasteiger partial charge on any atom is 0.161 e. The van der Waals surface area contributed by atoms with Crippen LogP contribution < -0.4 is 9.47 Å². The van der Waals surface area contributed by atoms with Gasteiger partial charge in [-0.2, -0.15) is 0 Å². The lowest BCUT2D eigenvalue weighted by Crippen LogP contribution is -2.46. The molecule has 0 aromatic heterocycles. The largest absolute Gasteiger partial charge is 0.486 e. The fourth-order valence-electron chi connectivity index (χ4n) is 3.07. The summed E-state index contributed by atoms with van der Waals surface area (Å²) in [7, 11) is 0. The van der Waals surface area contributed by atoms with Gasteiger partial charge in [-0.15, -0.1) is 0 Å². The van der Waals surface area contributed by atoms with Gasteiger partial charge in [-0.25, -0.2) is 0 Å². The summed E-state index contributed by atoms with van der Waals surface area (Å²) in [5, 5.41) is 10.4. The maximum absolute atomic E-state index is 10.4. The average molecular weight is 306 g/mol. The van der Waals surface area contributed by atoms with Gasteiger partial charge in [0.15, 0.2) is 11.5 Å². The van der Waals surface area contributed by atoms with Crippen LogP contribution in [0.2, 0.25) is 0 Å². The summed E-state index contributed by atoms with van der Waals surface area (Å²) in [4.78, 5) is 4.90. The van der Waals surface area contributed by atoms with Gasteiger partial charge in [0.05, 0.1) is 6.10 Å². The summed E-state index contributed by atoms with van der Waals surface area (Å²) in [5.74, 6) is 1.53. The molecule has 0 bridgehead atoms. The lowest BCUT2D eigenvalue weighted by molar-refractivity contribution is 0.104. The van der Waals surface area contributed by atoms with Crippen LogP contribution in [0.3, 0.4) is 0 Å². The normalized spacial score (nSPS) is 20.8. The summed E-state index contributed by atoms with van der Waals surface area (Å²) in [6.07, 6.45) is 0.311. The number of benzene rings is 1. The zero-order chi connectivity index (χ0) is 15.4. The average Bonchev–Trinajstić information content (AvgIpc) is 2.59. The van der Waals surface area contributed by atoms with Crippen molar-refractivity contribution in [1.82, 2.24) is 9.80 Å². The first-order valence-electron chi connectivity index (χ1n) is 8.28. The second-order valence-corrected chi connectivity index (χ2v) is 5.98. The number of aliphatic hydroxyl groups excluding tert-OH is 1. The van der Waals surface area contributed by atoms with Gasteiger partial charge >= 0.3 is 0 Å². The van der Waals surface area contributed by atoms with Crippen molar-refractivity contribution in [1.29, 1.82) is 0 Å². The molecule has 1 saturated heterocycles. The third kappa shape index (κ3) is 3.72. The molecule has 0 aliphatic carbocycles. The first kappa shape index (κ1) is 15.6. The topological polar surface area (TPSA) is 45.2 Å². The molecule has 2 aliphatic heterocycles. The Kier molecular flexibility index (Phi) is 5.18. The van der Waals surface area contributed by atoms with Gasteiger partial charge < -0.3 is 24.4 Å². The molecule has 1 unspecified atom stereocenters. The molecule has 22 heavy (non-hydrogen) atoms. The Bertz CT molecular complexity index is 487. The van der Waals surface area contributed by atoms with E-state index < -0.39 is 6.10 Å². The minimum Gasteiger partial charge on any atom is -0.486 e. The summed E-state index contributed by atoms with van der Waals surface area (Å²) in [5.41, 5.74) is 0.913. The molecule has 1 aromatic rings. The number of likely N-dealkylation sites (N-methyl/N-ethyl adjacent to an activating group) is 1. The van der Waals surface area contributed by atoms with Gasteiger partial charge in [0.25, 0.3) is 0 Å². The zero-order valence-electron chi connectivity index (χ0n) is 13.3. The van der Waals surface area contributed by atoms with Crippen LogP contribution in [-0.2, 0) is 0 Å². The Morgan fingerprint density at radius 2 is 1.73 bits per heavy atom. The number of rotatable bonds is 5. The highest BCUT2D eigenvalue weighted by atomic mass is 16.6. The number of hydrogen-bond donors (Lipinski definition) is 1. The van der Waals surface area contributed by atoms with E-state index in [0.29, 0.717) is 13.2 Å². The van der Waals surface area contributed by atoms with Gasteiger partial charge in [0.2, 0.25) is 0 Å². The van der Waals surface area contributed by atoms with Crippen LogP contribution in [0.5, 0.6) is 11.5 Å². The van der Waals surface area contributed by atoms with Crippen LogP contribution in [0.4, 0.5) is 0 Å². The predicted molar refractivity (Wildman–Crippen MR) is 85.6 cm³/mol. The van der Waals surface area contributed by atoms with Gasteiger partial charge in [0, 0.05) is 32.7 Å². The van der Waals surface area contributed by atoms with Crippen LogP contribution in [0, 0.1) is 0 Å². The van der Waals surface area contributed by atoms with Gasteiger partial charge in [-0.3, -0.25) is 0 Å². The van der Waals surface area contributed by atoms with Crippen molar-refractivity contribution in [3.05, 3.63) is 23.8 Å². The van der Waals surface area contributed by atoms with Gasteiger partial charge in [-0.05, 0) is 30.7 Å². The standard InChI is InChI=1S/C17H26N2O3/c1-2-18-7-9-19(10-8-18)6-5-15(20)14-3-4-16-17(13-14)22-12-11-21-16/h3-4,13,15,20H,2,5-12H2,1H3. The zero-order valence-corrected chi connectivity index (χ0v) is 13.3. The van der Waals surface area contributed by atoms with Crippen LogP contribution in [-0.4, -0.2) is 67.4 Å². The Balaban J connectivity index is 1.51. The fraction of sp³-hybridized carbons (Fsp3) is 0.647. The molecule has 0 spiro atoms. The van der Waals surface area contributed by atoms with Crippen LogP contribution in [0.25, 0.3) is 0 Å². The lowest BCUT2D eigenvalue weighted by atomic mass is 10.1. The molecule has 3 rings (SSSR count). The Morgan fingerprint density at radius 3 is 2.45 bits per heavy atom. The number of hydrogen-bond acceptors (Lipinski definition) is 5. The molecule has 1 atom stereocenters. The number of fused-ring (bicyclic) bond motifs is 1. The summed E-state index contributed by atoms with van der Waals surface area (Å²) < 4.78 is 11.1. The SMILES string of the molecule is CCN1CCN(CCC(O)c2ccc3c(c2)OCCO3)CC1. The molecule has 1 fully saturated rings. The third-order valence-corrected chi connectivity index (χ3v) is 4.58. The van der Waals surface area contributed by atoms with E-state index in [-0.39, 0.29) is 0 Å². The molecule has 1 aromatic carbocycles. The Labute approximate surface area is 132 Å². The predicted octanol–water partition coefficient (Wildman–Crippen LogP) is 1.52. The highest BCUT2D eigenvalue weighted by molar-refractivity contribution is 5.44. The molecular weight excluding hydrogens is 280 g/mol. The van der Waals surface area contributed by atoms with Crippen molar-refractivity contribution in [2.75, 3.05) is 52.5 Å². The molecular formula is C17H26N2O3. The van der Waals surface area contributed by atoms with Crippen molar-refractivity contribution in [2.24, 2.45) is 0 Å². The molecule has 5 nitrogen and oxygen atoms in total. The Morgan fingerprint density at radius 1 is 1.05 bits per heavy atom. The first-order chi connectivity index (χ1) is 10.8. The molecule has 0 radical (unpaired) electrons. The molecule has 0 amide bonds. The highest BCUT2D eigenvalue weighted by Crippen LogP contribution is 2.33. The van der Waals surface area contributed by atoms with Crippen molar-refractivity contribution < 1.29 is 14.6 Å². The van der Waals surface area contributed by atoms with Gasteiger partial charge in [-0.1, -0.05) is 13.0 Å². The van der Waals surface area contributed by atoms with E-state index in [9.17, 15) is 5.11 Å². The summed E-state index contributed by atoms with van der Waals surface area (Å²) in [6.45, 7) is 9.92. The van der Waals surface area contributed by atoms with E-state index in [1.165, 1.54) is 0 Å². The number of ether oxygens (including phenoxy) is 2. The number of nitrogens with zero attached hydrogens (tertiary/aromatic N) is 2. The van der Waals surface area contributed by atoms with E-state index in [1.807, 2.05) is 18.2 Å².